The molecule has 0 heterocycles. The zero-order chi connectivity index (χ0) is 26.9. The maximum atomic E-state index is 14.3. The molecule has 2 amide bonds. The summed E-state index contributed by atoms with van der Waals surface area (Å²) in [5, 5.41) is 4.31. The third kappa shape index (κ3) is 12.0. The van der Waals surface area contributed by atoms with Crippen molar-refractivity contribution in [3.8, 4) is 0 Å². The van der Waals surface area contributed by atoms with Crippen LogP contribution in [0.15, 0.2) is 0 Å². The van der Waals surface area contributed by atoms with E-state index < -0.39 is 65.9 Å². The number of carbonyl (C=O) groups excluding carboxylic acids is 4. The fourth-order valence-electron chi connectivity index (χ4n) is 2.41. The SMILES string of the molecule is CC(OC(=O)C(C)C)OC(=O)C(CCCNC(=O)OC(C)(C)C)(NC(=O)OC(C)(C)C)C(F)F. The number of esters is 2. The molecule has 0 aliphatic carbocycles. The number of carbonyl (C=O) groups is 4. The highest BCUT2D eigenvalue weighted by atomic mass is 19.3. The van der Waals surface area contributed by atoms with E-state index in [1.165, 1.54) is 27.7 Å². The van der Waals surface area contributed by atoms with Gasteiger partial charge in [0.05, 0.1) is 5.92 Å². The van der Waals surface area contributed by atoms with Crippen molar-refractivity contribution in [1.29, 1.82) is 0 Å². The normalized spacial score (nSPS) is 14.6. The molecule has 10 nitrogen and oxygen atoms in total. The van der Waals surface area contributed by atoms with E-state index in [9.17, 15) is 28.0 Å². The number of nitrogens with one attached hydrogen (secondary N) is 2. The number of alkyl carbamates (subject to hydrolysis) is 2. The van der Waals surface area contributed by atoms with Gasteiger partial charge in [-0.25, -0.2) is 23.2 Å². The monoisotopic (exact) mass is 496 g/mol. The molecule has 0 fully saturated rings. The van der Waals surface area contributed by atoms with Crippen molar-refractivity contribution < 1.29 is 46.9 Å². The summed E-state index contributed by atoms with van der Waals surface area (Å²) in [5.41, 5.74) is -4.61. The molecule has 0 aliphatic rings. The van der Waals surface area contributed by atoms with Gasteiger partial charge in [-0.15, -0.1) is 0 Å². The predicted molar refractivity (Wildman–Crippen MR) is 118 cm³/mol. The van der Waals surface area contributed by atoms with Crippen molar-refractivity contribution in [3.63, 3.8) is 0 Å². The molecule has 0 aliphatic heterocycles. The average molecular weight is 497 g/mol. The summed E-state index contributed by atoms with van der Waals surface area (Å²) < 4.78 is 48.4. The van der Waals surface area contributed by atoms with Gasteiger partial charge in [0.1, 0.15) is 11.2 Å². The Bertz CT molecular complexity index is 717. The van der Waals surface area contributed by atoms with Crippen LogP contribution in [0.1, 0.15) is 75.2 Å². The van der Waals surface area contributed by atoms with E-state index in [1.807, 2.05) is 5.32 Å². The summed E-state index contributed by atoms with van der Waals surface area (Å²) in [5.74, 6) is -2.76. The Morgan fingerprint density at radius 2 is 1.32 bits per heavy atom. The Morgan fingerprint density at radius 1 is 0.824 bits per heavy atom. The Kier molecular flexibility index (Phi) is 11.7. The van der Waals surface area contributed by atoms with Crippen molar-refractivity contribution in [2.75, 3.05) is 6.54 Å². The Labute approximate surface area is 199 Å². The lowest BCUT2D eigenvalue weighted by molar-refractivity contribution is -0.195. The highest BCUT2D eigenvalue weighted by molar-refractivity contribution is 5.86. The molecule has 0 aromatic rings. The minimum Gasteiger partial charge on any atom is -0.444 e. The van der Waals surface area contributed by atoms with Crippen LogP contribution in [0, 0.1) is 5.92 Å². The third-order valence-corrected chi connectivity index (χ3v) is 3.90. The summed E-state index contributed by atoms with van der Waals surface area (Å²) in [6, 6.07) is 0. The summed E-state index contributed by atoms with van der Waals surface area (Å²) in [6.45, 7) is 13.7. The fraction of sp³-hybridized carbons (Fsp3) is 0.818. The van der Waals surface area contributed by atoms with Gasteiger partial charge in [0.15, 0.2) is 0 Å². The van der Waals surface area contributed by atoms with Crippen molar-refractivity contribution in [2.24, 2.45) is 5.92 Å². The van der Waals surface area contributed by atoms with Crippen LogP contribution in [0.4, 0.5) is 18.4 Å². The van der Waals surface area contributed by atoms with Crippen LogP contribution in [-0.2, 0) is 28.5 Å². The molecule has 0 saturated carbocycles. The first kappa shape index (κ1) is 31.3. The number of amides is 2. The lowest BCUT2D eigenvalue weighted by Crippen LogP contribution is -2.61. The number of hydrogen-bond acceptors (Lipinski definition) is 8. The van der Waals surface area contributed by atoms with Crippen LogP contribution in [0.3, 0.4) is 0 Å². The number of alkyl halides is 2. The van der Waals surface area contributed by atoms with Gasteiger partial charge in [-0.05, 0) is 54.4 Å². The molecule has 2 atom stereocenters. The molecule has 0 saturated heterocycles. The first-order chi connectivity index (χ1) is 15.3. The largest absolute Gasteiger partial charge is 0.444 e. The van der Waals surface area contributed by atoms with Crippen LogP contribution >= 0.6 is 0 Å². The Hall–Kier alpha value is -2.66. The molecular weight excluding hydrogens is 458 g/mol. The molecular formula is C22H38F2N2O8. The van der Waals surface area contributed by atoms with Crippen molar-refractivity contribution >= 4 is 24.1 Å². The second-order valence-electron chi connectivity index (χ2n) is 10.00. The van der Waals surface area contributed by atoms with E-state index in [4.69, 9.17) is 18.9 Å². The number of halogens is 2. The lowest BCUT2D eigenvalue weighted by Gasteiger charge is -2.33. The Balaban J connectivity index is 5.56. The molecule has 198 valence electrons. The van der Waals surface area contributed by atoms with Crippen molar-refractivity contribution in [3.05, 3.63) is 0 Å². The van der Waals surface area contributed by atoms with Crippen molar-refractivity contribution in [2.45, 2.75) is 105 Å². The second kappa shape index (κ2) is 12.7. The molecule has 0 bridgehead atoms. The van der Waals surface area contributed by atoms with E-state index in [-0.39, 0.29) is 13.0 Å². The first-order valence-electron chi connectivity index (χ1n) is 11.0. The van der Waals surface area contributed by atoms with Crippen LogP contribution in [0.5, 0.6) is 0 Å². The summed E-state index contributed by atoms with van der Waals surface area (Å²) in [4.78, 5) is 48.6. The lowest BCUT2D eigenvalue weighted by atomic mass is 9.93. The molecule has 2 unspecified atom stereocenters. The zero-order valence-electron chi connectivity index (χ0n) is 21.4. The van der Waals surface area contributed by atoms with Gasteiger partial charge in [0.25, 0.3) is 6.43 Å². The van der Waals surface area contributed by atoms with E-state index in [0.717, 1.165) is 0 Å². The molecule has 0 aromatic carbocycles. The molecule has 2 N–H and O–H groups in total. The maximum Gasteiger partial charge on any atom is 0.408 e. The van der Waals surface area contributed by atoms with Crippen molar-refractivity contribution in [1.82, 2.24) is 10.6 Å². The average Bonchev–Trinajstić information content (AvgIpc) is 2.60. The maximum absolute atomic E-state index is 14.3. The van der Waals surface area contributed by atoms with E-state index in [1.54, 1.807) is 34.6 Å². The third-order valence-electron chi connectivity index (χ3n) is 3.90. The van der Waals surface area contributed by atoms with E-state index >= 15 is 0 Å². The van der Waals surface area contributed by atoms with Crippen LogP contribution in [0.25, 0.3) is 0 Å². The van der Waals surface area contributed by atoms with Gasteiger partial charge in [-0.1, -0.05) is 13.8 Å². The minimum absolute atomic E-state index is 0.134. The van der Waals surface area contributed by atoms with Crippen LogP contribution in [-0.4, -0.2) is 60.1 Å². The van der Waals surface area contributed by atoms with Gasteiger partial charge in [-0.3, -0.25) is 4.79 Å². The molecule has 0 spiro atoms. The molecule has 12 heteroatoms. The summed E-state index contributed by atoms with van der Waals surface area (Å²) in [6.07, 6.45) is -7.72. The van der Waals surface area contributed by atoms with Gasteiger partial charge >= 0.3 is 24.1 Å². The number of ether oxygens (including phenoxy) is 4. The quantitative estimate of drug-likeness (QED) is 0.202. The summed E-state index contributed by atoms with van der Waals surface area (Å²) in [7, 11) is 0. The smallest absolute Gasteiger partial charge is 0.408 e. The van der Waals surface area contributed by atoms with E-state index in [2.05, 4.69) is 5.32 Å². The molecule has 34 heavy (non-hydrogen) atoms. The topological polar surface area (TPSA) is 129 Å². The Morgan fingerprint density at radius 3 is 1.76 bits per heavy atom. The van der Waals surface area contributed by atoms with Crippen LogP contribution < -0.4 is 10.6 Å². The highest BCUT2D eigenvalue weighted by Gasteiger charge is 2.51. The second-order valence-corrected chi connectivity index (χ2v) is 10.00. The zero-order valence-corrected chi connectivity index (χ0v) is 21.4. The number of hydrogen-bond donors (Lipinski definition) is 2. The van der Waals surface area contributed by atoms with Crippen LogP contribution in [0.2, 0.25) is 0 Å². The fourth-order valence-corrected chi connectivity index (χ4v) is 2.41. The highest BCUT2D eigenvalue weighted by Crippen LogP contribution is 2.26. The first-order valence-corrected chi connectivity index (χ1v) is 11.0. The predicted octanol–water partition coefficient (Wildman–Crippen LogP) is 3.91. The summed E-state index contributed by atoms with van der Waals surface area (Å²) >= 11 is 0. The van der Waals surface area contributed by atoms with E-state index in [0.29, 0.717) is 0 Å². The van der Waals surface area contributed by atoms with Gasteiger partial charge in [0.2, 0.25) is 11.8 Å². The standard InChI is InChI=1S/C22H38F2N2O8/c1-13(2)15(27)31-14(3)32-17(28)22(16(23)24,26-19(30)34-21(7,8)9)11-10-12-25-18(29)33-20(4,5)6/h13-14,16H,10-12H2,1-9H3,(H,25,29)(H,26,30). The minimum atomic E-state index is -3.41. The van der Waals surface area contributed by atoms with Gasteiger partial charge in [0, 0.05) is 13.5 Å². The molecule has 0 radical (unpaired) electrons. The molecule has 0 rings (SSSR count). The molecule has 0 aromatic heterocycles. The van der Waals surface area contributed by atoms with Gasteiger partial charge in [-0.2, -0.15) is 0 Å². The number of rotatable bonds is 10. The van der Waals surface area contributed by atoms with Gasteiger partial charge < -0.3 is 29.6 Å².